The van der Waals surface area contributed by atoms with Crippen LogP contribution in [0, 0.1) is 5.92 Å². The van der Waals surface area contributed by atoms with E-state index in [1.54, 1.807) is 37.1 Å². The number of aliphatic hydroxyl groups is 1. The summed E-state index contributed by atoms with van der Waals surface area (Å²) in [6.45, 7) is 5.93. The Kier molecular flexibility index (Phi) is 6.54. The molecule has 1 aliphatic heterocycles. The predicted octanol–water partition coefficient (Wildman–Crippen LogP) is 2.00. The van der Waals surface area contributed by atoms with Crippen LogP contribution in [0.25, 0.3) is 16.9 Å². The molecule has 0 saturated heterocycles. The SMILES string of the molecule is CC(C1CC1)N1Cc2cc(-c3ccn4nc(N)c(C(=O)NCCC(C)(C)O)c4n3)cc(NS(C)(=O)=O)c2C1=O. The van der Waals surface area contributed by atoms with Crippen LogP contribution in [0.2, 0.25) is 0 Å². The van der Waals surface area contributed by atoms with Gasteiger partial charge in [-0.05, 0) is 69.7 Å². The predicted molar refractivity (Wildman–Crippen MR) is 147 cm³/mol. The number of nitrogens with one attached hydrogen (secondary N) is 2. The molecule has 5 rings (SSSR count). The minimum atomic E-state index is -3.67. The number of nitrogens with zero attached hydrogens (tertiary/aromatic N) is 4. The highest BCUT2D eigenvalue weighted by Gasteiger charge is 2.40. The van der Waals surface area contributed by atoms with E-state index >= 15 is 0 Å². The van der Waals surface area contributed by atoms with Crippen molar-refractivity contribution in [3.63, 3.8) is 0 Å². The van der Waals surface area contributed by atoms with Crippen molar-refractivity contribution in [3.05, 3.63) is 41.1 Å². The fourth-order valence-electron chi connectivity index (χ4n) is 4.96. The zero-order valence-electron chi connectivity index (χ0n) is 22.4. The fraction of sp³-hybridized carbons (Fsp3) is 0.462. The van der Waals surface area contributed by atoms with E-state index in [9.17, 15) is 23.1 Å². The third-order valence-corrected chi connectivity index (χ3v) is 7.77. The number of nitrogen functional groups attached to an aromatic ring is 1. The van der Waals surface area contributed by atoms with Gasteiger partial charge in [0.05, 0.1) is 28.8 Å². The van der Waals surface area contributed by atoms with Crippen molar-refractivity contribution >= 4 is 39.0 Å². The number of amides is 2. The maximum atomic E-state index is 13.4. The van der Waals surface area contributed by atoms with Gasteiger partial charge in [-0.15, -0.1) is 5.10 Å². The van der Waals surface area contributed by atoms with Gasteiger partial charge in [0.1, 0.15) is 5.56 Å². The lowest BCUT2D eigenvalue weighted by Gasteiger charge is -2.24. The number of anilines is 2. The average molecular weight is 556 g/mol. The van der Waals surface area contributed by atoms with Crippen molar-refractivity contribution in [1.82, 2.24) is 24.8 Å². The number of nitrogens with two attached hydrogens (primary N) is 1. The lowest BCUT2D eigenvalue weighted by atomic mass is 10.0. The van der Waals surface area contributed by atoms with E-state index in [4.69, 9.17) is 5.73 Å². The van der Waals surface area contributed by atoms with Crippen molar-refractivity contribution in [1.29, 1.82) is 0 Å². The molecule has 3 aromatic rings. The van der Waals surface area contributed by atoms with Gasteiger partial charge >= 0.3 is 0 Å². The molecule has 13 heteroatoms. The van der Waals surface area contributed by atoms with Gasteiger partial charge in [-0.1, -0.05) is 0 Å². The van der Waals surface area contributed by atoms with Gasteiger partial charge in [-0.2, -0.15) is 0 Å². The maximum Gasteiger partial charge on any atom is 0.258 e. The van der Waals surface area contributed by atoms with E-state index in [0.29, 0.717) is 41.3 Å². The summed E-state index contributed by atoms with van der Waals surface area (Å²) in [5.74, 6) is -0.207. The molecular formula is C26H33N7O5S. The zero-order valence-corrected chi connectivity index (χ0v) is 23.2. The average Bonchev–Trinajstić information content (AvgIpc) is 3.54. The molecule has 208 valence electrons. The normalized spacial score (nSPS) is 16.4. The third kappa shape index (κ3) is 5.55. The Morgan fingerprint density at radius 2 is 2.03 bits per heavy atom. The highest BCUT2D eigenvalue weighted by atomic mass is 32.2. The summed E-state index contributed by atoms with van der Waals surface area (Å²) in [7, 11) is -3.67. The summed E-state index contributed by atoms with van der Waals surface area (Å²) in [5, 5.41) is 16.9. The number of sulfonamides is 1. The Labute approximate surface area is 226 Å². The first-order valence-electron chi connectivity index (χ1n) is 12.8. The molecule has 3 heterocycles. The lowest BCUT2D eigenvalue weighted by Crippen LogP contribution is -2.34. The highest BCUT2D eigenvalue weighted by molar-refractivity contribution is 7.92. The van der Waals surface area contributed by atoms with Crippen molar-refractivity contribution in [2.45, 2.75) is 58.2 Å². The molecule has 1 unspecified atom stereocenters. The molecule has 39 heavy (non-hydrogen) atoms. The Bertz CT molecular complexity index is 1590. The molecule has 0 spiro atoms. The minimum Gasteiger partial charge on any atom is -0.390 e. The smallest absolute Gasteiger partial charge is 0.258 e. The molecule has 5 N–H and O–H groups in total. The molecule has 0 bridgehead atoms. The van der Waals surface area contributed by atoms with Gasteiger partial charge in [0.2, 0.25) is 10.0 Å². The highest BCUT2D eigenvalue weighted by Crippen LogP contribution is 2.41. The second-order valence-electron chi connectivity index (χ2n) is 11.1. The minimum absolute atomic E-state index is 0.00379. The largest absolute Gasteiger partial charge is 0.390 e. The van der Waals surface area contributed by atoms with Gasteiger partial charge in [-0.3, -0.25) is 14.3 Å². The first-order valence-corrected chi connectivity index (χ1v) is 14.7. The van der Waals surface area contributed by atoms with Crippen LogP contribution in [0.5, 0.6) is 0 Å². The lowest BCUT2D eigenvalue weighted by molar-refractivity contribution is 0.0686. The third-order valence-electron chi connectivity index (χ3n) is 7.18. The molecule has 2 aromatic heterocycles. The number of aromatic nitrogens is 3. The quantitative estimate of drug-likeness (QED) is 0.310. The Hall–Kier alpha value is -3.71. The Morgan fingerprint density at radius 1 is 1.31 bits per heavy atom. The monoisotopic (exact) mass is 555 g/mol. The van der Waals surface area contributed by atoms with Crippen LogP contribution in [0.15, 0.2) is 24.4 Å². The summed E-state index contributed by atoms with van der Waals surface area (Å²) in [5.41, 5.74) is 7.71. The molecule has 1 atom stereocenters. The number of carbonyl (C=O) groups excluding carboxylic acids is 2. The van der Waals surface area contributed by atoms with Crippen LogP contribution in [0.1, 0.15) is 66.3 Å². The number of hydrogen-bond acceptors (Lipinski definition) is 8. The van der Waals surface area contributed by atoms with E-state index in [1.165, 1.54) is 4.52 Å². The Morgan fingerprint density at radius 3 is 2.67 bits per heavy atom. The van der Waals surface area contributed by atoms with E-state index in [-0.39, 0.29) is 41.2 Å². The molecule has 2 amide bonds. The second kappa shape index (κ2) is 9.49. The summed E-state index contributed by atoms with van der Waals surface area (Å²) < 4.78 is 28.3. The molecule has 1 fully saturated rings. The Balaban J connectivity index is 1.54. The first-order chi connectivity index (χ1) is 18.2. The molecular weight excluding hydrogens is 522 g/mol. The molecule has 2 aliphatic rings. The van der Waals surface area contributed by atoms with Crippen LogP contribution < -0.4 is 15.8 Å². The van der Waals surface area contributed by atoms with Gasteiger partial charge < -0.3 is 21.1 Å². The molecule has 1 saturated carbocycles. The summed E-state index contributed by atoms with van der Waals surface area (Å²) >= 11 is 0. The van der Waals surface area contributed by atoms with Crippen molar-refractivity contribution in [2.24, 2.45) is 5.92 Å². The van der Waals surface area contributed by atoms with Gasteiger partial charge in [0.25, 0.3) is 11.8 Å². The number of rotatable bonds is 9. The van der Waals surface area contributed by atoms with Gasteiger partial charge in [0.15, 0.2) is 11.5 Å². The molecule has 1 aromatic carbocycles. The van der Waals surface area contributed by atoms with Crippen LogP contribution in [-0.2, 0) is 16.6 Å². The van der Waals surface area contributed by atoms with Crippen LogP contribution in [0.3, 0.4) is 0 Å². The number of fused-ring (bicyclic) bond motifs is 2. The molecule has 12 nitrogen and oxygen atoms in total. The van der Waals surface area contributed by atoms with Crippen LogP contribution >= 0.6 is 0 Å². The fourth-order valence-corrected chi connectivity index (χ4v) is 5.52. The second-order valence-corrected chi connectivity index (χ2v) is 12.9. The van der Waals surface area contributed by atoms with E-state index in [0.717, 1.165) is 19.1 Å². The number of hydrogen-bond donors (Lipinski definition) is 4. The zero-order chi connectivity index (χ0) is 28.3. The molecule has 0 radical (unpaired) electrons. The molecule has 1 aliphatic carbocycles. The topological polar surface area (TPSA) is 172 Å². The van der Waals surface area contributed by atoms with E-state index < -0.39 is 21.5 Å². The van der Waals surface area contributed by atoms with Crippen molar-refractivity contribution < 1.29 is 23.1 Å². The van der Waals surface area contributed by atoms with Crippen molar-refractivity contribution in [2.75, 3.05) is 23.3 Å². The summed E-state index contributed by atoms with van der Waals surface area (Å²) in [4.78, 5) is 32.8. The summed E-state index contributed by atoms with van der Waals surface area (Å²) in [6.07, 6.45) is 5.15. The standard InChI is InChI=1S/C26H33N7O5S/c1-14(15-5-6-15)32-13-17-11-16(12-19(20(17)25(32)35)31-39(4,37)38)18-7-10-33-23(29-18)21(22(27)30-33)24(34)28-9-8-26(2,3)36/h7,10-12,14-15,31,36H,5-6,8-9,13H2,1-4H3,(H2,27,30)(H,28,34). The van der Waals surface area contributed by atoms with Crippen molar-refractivity contribution in [3.8, 4) is 11.3 Å². The summed E-state index contributed by atoms with van der Waals surface area (Å²) in [6, 6.07) is 5.16. The number of benzene rings is 1. The van der Waals surface area contributed by atoms with Gasteiger partial charge in [0, 0.05) is 30.9 Å². The van der Waals surface area contributed by atoms with E-state index in [1.807, 2.05) is 13.0 Å². The maximum absolute atomic E-state index is 13.4. The van der Waals surface area contributed by atoms with Crippen LogP contribution in [0.4, 0.5) is 11.5 Å². The van der Waals surface area contributed by atoms with Gasteiger partial charge in [-0.25, -0.2) is 17.9 Å². The van der Waals surface area contributed by atoms with E-state index in [2.05, 4.69) is 20.1 Å². The number of carbonyl (C=O) groups is 2. The first kappa shape index (κ1) is 26.9. The van der Waals surface area contributed by atoms with Crippen LogP contribution in [-0.4, -0.2) is 69.3 Å².